The van der Waals surface area contributed by atoms with E-state index in [0.29, 0.717) is 24.3 Å². The Hall–Kier alpha value is -2.18. The zero-order valence-corrected chi connectivity index (χ0v) is 11.7. The van der Waals surface area contributed by atoms with E-state index >= 15 is 0 Å². The van der Waals surface area contributed by atoms with Crippen LogP contribution in [0.2, 0.25) is 0 Å². The Balaban J connectivity index is 2.30. The van der Waals surface area contributed by atoms with E-state index in [1.54, 1.807) is 6.92 Å². The standard InChI is InChI=1S/C13H19N3O4/c1-10-9-15-12(8-11(10)16(18)19)14-7-5-3-4-6-13(17)20-2/h8-9H,3-7H2,1-2H3,(H,14,15). The van der Waals surface area contributed by atoms with Crippen molar-refractivity contribution in [3.05, 3.63) is 27.9 Å². The lowest BCUT2D eigenvalue weighted by molar-refractivity contribution is -0.385. The van der Waals surface area contributed by atoms with E-state index < -0.39 is 4.92 Å². The number of carbonyl (C=O) groups is 1. The summed E-state index contributed by atoms with van der Waals surface area (Å²) in [6.45, 7) is 2.32. The molecule has 1 rings (SSSR count). The van der Waals surface area contributed by atoms with Gasteiger partial charge in [-0.25, -0.2) is 4.98 Å². The molecule has 0 aliphatic rings. The molecule has 20 heavy (non-hydrogen) atoms. The van der Waals surface area contributed by atoms with Crippen molar-refractivity contribution in [1.29, 1.82) is 0 Å². The van der Waals surface area contributed by atoms with Gasteiger partial charge in [0.15, 0.2) is 0 Å². The Bertz CT molecular complexity index is 477. The monoisotopic (exact) mass is 281 g/mol. The molecule has 1 aromatic heterocycles. The van der Waals surface area contributed by atoms with E-state index in [1.165, 1.54) is 19.4 Å². The maximum Gasteiger partial charge on any atom is 0.305 e. The lowest BCUT2D eigenvalue weighted by Crippen LogP contribution is -2.05. The van der Waals surface area contributed by atoms with E-state index in [-0.39, 0.29) is 11.7 Å². The van der Waals surface area contributed by atoms with Crippen LogP contribution >= 0.6 is 0 Å². The molecule has 110 valence electrons. The fourth-order valence-corrected chi connectivity index (χ4v) is 1.70. The molecule has 0 amide bonds. The number of nitrogens with zero attached hydrogens (tertiary/aromatic N) is 2. The summed E-state index contributed by atoms with van der Waals surface area (Å²) < 4.78 is 4.54. The molecule has 0 aliphatic carbocycles. The minimum absolute atomic E-state index is 0.0631. The average Bonchev–Trinajstić information content (AvgIpc) is 2.43. The first-order valence-corrected chi connectivity index (χ1v) is 6.46. The second-order valence-electron chi connectivity index (χ2n) is 4.43. The molecule has 0 saturated carbocycles. The van der Waals surface area contributed by atoms with Gasteiger partial charge in [-0.05, 0) is 19.8 Å². The number of ether oxygens (including phenoxy) is 1. The molecular formula is C13H19N3O4. The van der Waals surface area contributed by atoms with Crippen molar-refractivity contribution in [1.82, 2.24) is 4.98 Å². The lowest BCUT2D eigenvalue weighted by Gasteiger charge is -2.06. The van der Waals surface area contributed by atoms with Crippen LogP contribution in [0.15, 0.2) is 12.3 Å². The van der Waals surface area contributed by atoms with Crippen LogP contribution in [0.5, 0.6) is 0 Å². The molecule has 0 radical (unpaired) electrons. The molecule has 0 aliphatic heterocycles. The van der Waals surface area contributed by atoms with Crippen LogP contribution in [0.25, 0.3) is 0 Å². The van der Waals surface area contributed by atoms with Crippen LogP contribution in [-0.4, -0.2) is 29.5 Å². The molecule has 7 heteroatoms. The van der Waals surface area contributed by atoms with Gasteiger partial charge in [0.1, 0.15) is 5.82 Å². The molecule has 7 nitrogen and oxygen atoms in total. The molecule has 1 heterocycles. The summed E-state index contributed by atoms with van der Waals surface area (Å²) in [5.41, 5.74) is 0.604. The van der Waals surface area contributed by atoms with E-state index in [0.717, 1.165) is 19.3 Å². The highest BCUT2D eigenvalue weighted by molar-refractivity contribution is 5.68. The maximum atomic E-state index is 10.9. The third kappa shape index (κ3) is 5.21. The first kappa shape index (κ1) is 15.9. The summed E-state index contributed by atoms with van der Waals surface area (Å²) in [7, 11) is 1.37. The summed E-state index contributed by atoms with van der Waals surface area (Å²) in [6, 6.07) is 1.43. The number of unbranched alkanes of at least 4 members (excludes halogenated alkanes) is 2. The smallest absolute Gasteiger partial charge is 0.305 e. The first-order chi connectivity index (χ1) is 9.54. The second kappa shape index (κ2) is 8.08. The molecule has 0 fully saturated rings. The van der Waals surface area contributed by atoms with Crippen molar-refractivity contribution in [2.45, 2.75) is 32.6 Å². The fraction of sp³-hybridized carbons (Fsp3) is 0.538. The van der Waals surface area contributed by atoms with Gasteiger partial charge in [-0.3, -0.25) is 14.9 Å². The summed E-state index contributed by atoms with van der Waals surface area (Å²) in [6.07, 6.45) is 4.43. The number of nitrogens with one attached hydrogen (secondary N) is 1. The first-order valence-electron chi connectivity index (χ1n) is 6.46. The van der Waals surface area contributed by atoms with Crippen molar-refractivity contribution in [3.63, 3.8) is 0 Å². The Morgan fingerprint density at radius 2 is 2.20 bits per heavy atom. The third-order valence-corrected chi connectivity index (χ3v) is 2.86. The van der Waals surface area contributed by atoms with Crippen molar-refractivity contribution >= 4 is 17.5 Å². The van der Waals surface area contributed by atoms with Crippen LogP contribution in [0.1, 0.15) is 31.2 Å². The lowest BCUT2D eigenvalue weighted by atomic mass is 10.2. The summed E-state index contributed by atoms with van der Waals surface area (Å²) in [5, 5.41) is 13.8. The van der Waals surface area contributed by atoms with Crippen molar-refractivity contribution in [2.75, 3.05) is 19.0 Å². The highest BCUT2D eigenvalue weighted by Crippen LogP contribution is 2.19. The van der Waals surface area contributed by atoms with Gasteiger partial charge in [-0.1, -0.05) is 6.42 Å². The van der Waals surface area contributed by atoms with E-state index in [2.05, 4.69) is 15.0 Å². The number of anilines is 1. The molecule has 0 saturated heterocycles. The van der Waals surface area contributed by atoms with Crippen molar-refractivity contribution in [3.8, 4) is 0 Å². The van der Waals surface area contributed by atoms with Crippen LogP contribution < -0.4 is 5.32 Å². The molecule has 1 N–H and O–H groups in total. The SMILES string of the molecule is COC(=O)CCCCCNc1cc([N+](=O)[O-])c(C)cn1. The number of carbonyl (C=O) groups excluding carboxylic acids is 1. The van der Waals surface area contributed by atoms with Crippen LogP contribution in [0.4, 0.5) is 11.5 Å². The predicted molar refractivity (Wildman–Crippen MR) is 74.6 cm³/mol. The Kier molecular flexibility index (Phi) is 6.42. The minimum atomic E-state index is -0.418. The van der Waals surface area contributed by atoms with Crippen LogP contribution in [-0.2, 0) is 9.53 Å². The minimum Gasteiger partial charge on any atom is -0.469 e. The number of methoxy groups -OCH3 is 1. The molecule has 0 unspecified atom stereocenters. The van der Waals surface area contributed by atoms with Crippen molar-refractivity contribution in [2.24, 2.45) is 0 Å². The van der Waals surface area contributed by atoms with Crippen LogP contribution in [0.3, 0.4) is 0 Å². The number of aromatic nitrogens is 1. The number of esters is 1. The number of pyridine rings is 1. The number of aryl methyl sites for hydroxylation is 1. The van der Waals surface area contributed by atoms with Gasteiger partial charge in [0.25, 0.3) is 5.69 Å². The topological polar surface area (TPSA) is 94.4 Å². The van der Waals surface area contributed by atoms with Gasteiger partial charge >= 0.3 is 5.97 Å². The zero-order chi connectivity index (χ0) is 15.0. The predicted octanol–water partition coefficient (Wildman–Crippen LogP) is 2.44. The Morgan fingerprint density at radius 3 is 2.85 bits per heavy atom. The van der Waals surface area contributed by atoms with E-state index in [4.69, 9.17) is 0 Å². The number of hydrogen-bond donors (Lipinski definition) is 1. The van der Waals surface area contributed by atoms with Gasteiger partial charge in [0.05, 0.1) is 18.1 Å². The highest BCUT2D eigenvalue weighted by atomic mass is 16.6. The second-order valence-corrected chi connectivity index (χ2v) is 4.43. The van der Waals surface area contributed by atoms with Gasteiger partial charge in [-0.15, -0.1) is 0 Å². The maximum absolute atomic E-state index is 10.9. The summed E-state index contributed by atoms with van der Waals surface area (Å²) in [5.74, 6) is 0.295. The molecule has 0 bridgehead atoms. The quantitative estimate of drug-likeness (QED) is 0.340. The Labute approximate surface area is 117 Å². The highest BCUT2D eigenvalue weighted by Gasteiger charge is 2.11. The van der Waals surface area contributed by atoms with E-state index in [1.807, 2.05) is 0 Å². The number of rotatable bonds is 8. The number of hydrogen-bond acceptors (Lipinski definition) is 6. The molecular weight excluding hydrogens is 262 g/mol. The van der Waals surface area contributed by atoms with Gasteiger partial charge in [0.2, 0.25) is 0 Å². The zero-order valence-electron chi connectivity index (χ0n) is 11.7. The average molecular weight is 281 g/mol. The normalized spacial score (nSPS) is 10.1. The molecule has 0 spiro atoms. The molecule has 1 aromatic rings. The summed E-state index contributed by atoms with van der Waals surface area (Å²) >= 11 is 0. The fourth-order valence-electron chi connectivity index (χ4n) is 1.70. The molecule has 0 aromatic carbocycles. The van der Waals surface area contributed by atoms with Crippen molar-refractivity contribution < 1.29 is 14.5 Å². The van der Waals surface area contributed by atoms with Crippen LogP contribution in [0, 0.1) is 17.0 Å². The Morgan fingerprint density at radius 1 is 1.45 bits per heavy atom. The van der Waals surface area contributed by atoms with E-state index in [9.17, 15) is 14.9 Å². The largest absolute Gasteiger partial charge is 0.469 e. The van der Waals surface area contributed by atoms with Gasteiger partial charge in [0, 0.05) is 24.7 Å². The third-order valence-electron chi connectivity index (χ3n) is 2.86. The van der Waals surface area contributed by atoms with Gasteiger partial charge in [-0.2, -0.15) is 0 Å². The number of nitro groups is 1. The molecule has 0 atom stereocenters. The summed E-state index contributed by atoms with van der Waals surface area (Å²) in [4.78, 5) is 25.3. The van der Waals surface area contributed by atoms with Gasteiger partial charge < -0.3 is 10.1 Å².